The molecule has 1 unspecified atom stereocenters. The van der Waals surface area contributed by atoms with Gasteiger partial charge >= 0.3 is 0 Å². The number of allylic oxidation sites excluding steroid dienone is 4. The lowest BCUT2D eigenvalue weighted by Gasteiger charge is -2.38. The third kappa shape index (κ3) is 6.77. The molecule has 2 heterocycles. The van der Waals surface area contributed by atoms with E-state index in [0.29, 0.717) is 6.04 Å². The zero-order chi connectivity index (χ0) is 17.1. The van der Waals surface area contributed by atoms with Gasteiger partial charge in [0.1, 0.15) is 6.61 Å². The summed E-state index contributed by atoms with van der Waals surface area (Å²) < 4.78 is 11.3. The fourth-order valence-corrected chi connectivity index (χ4v) is 2.73. The smallest absolute Gasteiger partial charge is 0.104 e. The van der Waals surface area contributed by atoms with E-state index in [1.165, 1.54) is 18.4 Å². The van der Waals surface area contributed by atoms with Crippen molar-refractivity contribution >= 4 is 0 Å². The lowest BCUT2D eigenvalue weighted by Crippen LogP contribution is -2.47. The molecule has 0 amide bonds. The van der Waals surface area contributed by atoms with Crippen molar-refractivity contribution in [3.63, 3.8) is 0 Å². The van der Waals surface area contributed by atoms with Crippen molar-refractivity contribution in [3.05, 3.63) is 35.8 Å². The van der Waals surface area contributed by atoms with E-state index >= 15 is 0 Å². The van der Waals surface area contributed by atoms with Crippen LogP contribution < -0.4 is 11.1 Å². The molecule has 0 aromatic heterocycles. The molecule has 3 rings (SSSR count). The van der Waals surface area contributed by atoms with Crippen LogP contribution in [0, 0.1) is 0 Å². The number of rotatable bonds is 2. The second-order valence-corrected chi connectivity index (χ2v) is 5.74. The molecule has 0 bridgehead atoms. The summed E-state index contributed by atoms with van der Waals surface area (Å²) in [6.45, 7) is 10.2. The van der Waals surface area contributed by atoms with Crippen LogP contribution in [0.15, 0.2) is 35.8 Å². The number of nitrogens with zero attached hydrogens (tertiary/aromatic N) is 1. The minimum absolute atomic E-state index is 0.561. The zero-order valence-electron chi connectivity index (χ0n) is 14.9. The van der Waals surface area contributed by atoms with Crippen LogP contribution >= 0.6 is 0 Å². The molecule has 0 radical (unpaired) electrons. The van der Waals surface area contributed by atoms with Gasteiger partial charge < -0.3 is 20.5 Å². The largest absolute Gasteiger partial charge is 0.496 e. The van der Waals surface area contributed by atoms with Gasteiger partial charge in [-0.3, -0.25) is 4.90 Å². The van der Waals surface area contributed by atoms with E-state index in [2.05, 4.69) is 34.7 Å². The van der Waals surface area contributed by atoms with Crippen LogP contribution in [-0.2, 0) is 9.47 Å². The lowest BCUT2D eigenvalue weighted by molar-refractivity contribution is -0.00768. The van der Waals surface area contributed by atoms with E-state index in [1.807, 2.05) is 14.0 Å². The highest BCUT2D eigenvalue weighted by Gasteiger charge is 2.27. The summed E-state index contributed by atoms with van der Waals surface area (Å²) in [7, 11) is 3.35. The van der Waals surface area contributed by atoms with Crippen LogP contribution in [0.2, 0.25) is 0 Å². The quantitative estimate of drug-likeness (QED) is 0.814. The van der Waals surface area contributed by atoms with Gasteiger partial charge in [-0.05, 0) is 38.1 Å². The molecule has 5 heteroatoms. The maximum absolute atomic E-state index is 5.89. The molecule has 1 aliphatic carbocycles. The van der Waals surface area contributed by atoms with Crippen molar-refractivity contribution in [2.45, 2.75) is 32.2 Å². The average molecular weight is 323 g/mol. The highest BCUT2D eigenvalue weighted by Crippen LogP contribution is 2.29. The fraction of sp³-hybridized carbons (Fsp3) is 0.667. The number of hydrogen-bond acceptors (Lipinski definition) is 5. The van der Waals surface area contributed by atoms with Gasteiger partial charge in [-0.2, -0.15) is 0 Å². The van der Waals surface area contributed by atoms with Crippen molar-refractivity contribution < 1.29 is 9.47 Å². The molecule has 0 saturated carbocycles. The molecule has 23 heavy (non-hydrogen) atoms. The van der Waals surface area contributed by atoms with Gasteiger partial charge in [0, 0.05) is 32.6 Å². The second kappa shape index (κ2) is 11.3. The van der Waals surface area contributed by atoms with Gasteiger partial charge in [0.05, 0.1) is 19.0 Å². The molecule has 1 fully saturated rings. The van der Waals surface area contributed by atoms with Crippen molar-refractivity contribution in [2.75, 3.05) is 47.0 Å². The molecule has 3 aliphatic rings. The van der Waals surface area contributed by atoms with Gasteiger partial charge in [0.15, 0.2) is 0 Å². The molecular formula is C18H33N3O2. The molecule has 0 aromatic rings. The summed E-state index contributed by atoms with van der Waals surface area (Å²) >= 11 is 0. The Hall–Kier alpha value is -1.30. The maximum Gasteiger partial charge on any atom is 0.104 e. The first kappa shape index (κ1) is 19.7. The Balaban J connectivity index is 0.000000327. The first-order chi connectivity index (χ1) is 11.2. The van der Waals surface area contributed by atoms with E-state index in [0.717, 1.165) is 57.9 Å². The van der Waals surface area contributed by atoms with Crippen LogP contribution in [0.5, 0.6) is 0 Å². The number of ether oxygens (including phenoxy) is 2. The topological polar surface area (TPSA) is 59.8 Å². The fourth-order valence-electron chi connectivity index (χ4n) is 2.73. The first-order valence-corrected chi connectivity index (χ1v) is 8.45. The van der Waals surface area contributed by atoms with Gasteiger partial charge in [0.2, 0.25) is 0 Å². The second-order valence-electron chi connectivity index (χ2n) is 5.74. The highest BCUT2D eigenvalue weighted by molar-refractivity contribution is 5.28. The molecule has 1 saturated heterocycles. The molecule has 0 spiro atoms. The first-order valence-electron chi connectivity index (χ1n) is 8.45. The molecule has 0 aromatic carbocycles. The lowest BCUT2D eigenvalue weighted by atomic mass is 9.95. The number of nitrogens with one attached hydrogen (secondary N) is 1. The van der Waals surface area contributed by atoms with E-state index < -0.39 is 0 Å². The molecule has 1 atom stereocenters. The summed E-state index contributed by atoms with van der Waals surface area (Å²) in [5.41, 5.74) is 6.93. The summed E-state index contributed by atoms with van der Waals surface area (Å²) in [5.74, 6) is 1.24. The molecule has 3 N–H and O–H groups in total. The van der Waals surface area contributed by atoms with E-state index in [-0.39, 0.29) is 0 Å². The van der Waals surface area contributed by atoms with Crippen LogP contribution in [0.1, 0.15) is 26.2 Å². The minimum Gasteiger partial charge on any atom is -0.496 e. The predicted molar refractivity (Wildman–Crippen MR) is 96.1 cm³/mol. The summed E-state index contributed by atoms with van der Waals surface area (Å²) in [6.07, 6.45) is 7.92. The van der Waals surface area contributed by atoms with E-state index in [4.69, 9.17) is 9.47 Å². The van der Waals surface area contributed by atoms with E-state index in [9.17, 15) is 0 Å². The standard InChI is InChI=1S/C13H19NO2.C4H9N.CH5N/c1-2-4-13-11(3-1)9-12(10-16-13)14-5-7-15-8-6-14;1-4(2)5-3;1-2/h1,3,12H,2,4-10H2;5H,1H2,2-3H3;2H2,1H3. The SMILES string of the molecule is C1=CC2=C(CC1)OCC(N1CCOCC1)C2.C=C(C)NC.CN. The predicted octanol–water partition coefficient (Wildman–Crippen LogP) is 2.03. The van der Waals surface area contributed by atoms with Gasteiger partial charge in [-0.15, -0.1) is 0 Å². The number of hydrogen-bond donors (Lipinski definition) is 2. The third-order valence-corrected chi connectivity index (χ3v) is 4.11. The molecule has 2 aliphatic heterocycles. The van der Waals surface area contributed by atoms with Crippen LogP contribution in [-0.4, -0.2) is 57.9 Å². The zero-order valence-corrected chi connectivity index (χ0v) is 14.9. The monoisotopic (exact) mass is 323 g/mol. The van der Waals surface area contributed by atoms with E-state index in [1.54, 1.807) is 0 Å². The Kier molecular flexibility index (Phi) is 9.67. The minimum atomic E-state index is 0.561. The number of morpholine rings is 1. The van der Waals surface area contributed by atoms with Crippen LogP contribution in [0.25, 0.3) is 0 Å². The van der Waals surface area contributed by atoms with Crippen molar-refractivity contribution in [1.82, 2.24) is 10.2 Å². The third-order valence-electron chi connectivity index (χ3n) is 4.11. The van der Waals surface area contributed by atoms with Gasteiger partial charge in [-0.25, -0.2) is 0 Å². The normalized spacial score (nSPS) is 23.4. The Labute approximate surface area is 141 Å². The van der Waals surface area contributed by atoms with Crippen LogP contribution in [0.3, 0.4) is 0 Å². The Morgan fingerprint density at radius 2 is 2.00 bits per heavy atom. The molecule has 132 valence electrons. The van der Waals surface area contributed by atoms with Crippen molar-refractivity contribution in [3.8, 4) is 0 Å². The Morgan fingerprint density at radius 3 is 2.61 bits per heavy atom. The Bertz CT molecular complexity index is 412. The maximum atomic E-state index is 5.89. The van der Waals surface area contributed by atoms with Crippen molar-refractivity contribution in [1.29, 1.82) is 0 Å². The summed E-state index contributed by atoms with van der Waals surface area (Å²) in [4.78, 5) is 2.51. The van der Waals surface area contributed by atoms with Crippen LogP contribution in [0.4, 0.5) is 0 Å². The van der Waals surface area contributed by atoms with Gasteiger partial charge in [-0.1, -0.05) is 18.7 Å². The van der Waals surface area contributed by atoms with Gasteiger partial charge in [0.25, 0.3) is 0 Å². The number of nitrogens with two attached hydrogens (primary N) is 1. The van der Waals surface area contributed by atoms with Crippen molar-refractivity contribution in [2.24, 2.45) is 5.73 Å². The molecule has 5 nitrogen and oxygen atoms in total. The highest BCUT2D eigenvalue weighted by atomic mass is 16.5. The molecular weight excluding hydrogens is 290 g/mol. The Morgan fingerprint density at radius 1 is 1.35 bits per heavy atom. The summed E-state index contributed by atoms with van der Waals surface area (Å²) in [5, 5.41) is 2.83. The summed E-state index contributed by atoms with van der Waals surface area (Å²) in [6, 6.07) is 0.561. The average Bonchev–Trinajstić information content (AvgIpc) is 2.64.